The van der Waals surface area contributed by atoms with Crippen LogP contribution in [0.2, 0.25) is 0 Å². The summed E-state index contributed by atoms with van der Waals surface area (Å²) in [5, 5.41) is 12.5. The molecule has 0 aliphatic heterocycles. The van der Waals surface area contributed by atoms with Crippen LogP contribution in [0.1, 0.15) is 11.1 Å². The van der Waals surface area contributed by atoms with Gasteiger partial charge in [-0.3, -0.25) is 4.79 Å². The van der Waals surface area contributed by atoms with Crippen molar-refractivity contribution in [2.24, 2.45) is 0 Å². The van der Waals surface area contributed by atoms with Crippen molar-refractivity contribution < 1.29 is 9.90 Å². The quantitative estimate of drug-likeness (QED) is 0.839. The molecule has 96 valence electrons. The van der Waals surface area contributed by atoms with Gasteiger partial charge in [-0.15, -0.1) is 0 Å². The molecule has 1 heterocycles. The third-order valence-corrected chi connectivity index (χ3v) is 2.52. The molecule has 1 aromatic heterocycles. The van der Waals surface area contributed by atoms with Crippen LogP contribution in [0.15, 0.2) is 53.5 Å². The van der Waals surface area contributed by atoms with E-state index in [9.17, 15) is 9.59 Å². The molecule has 0 aliphatic carbocycles. The Morgan fingerprint density at radius 2 is 2.00 bits per heavy atom. The van der Waals surface area contributed by atoms with E-state index in [2.05, 4.69) is 5.10 Å². The van der Waals surface area contributed by atoms with Gasteiger partial charge in [-0.2, -0.15) is 5.10 Å². The fourth-order valence-corrected chi connectivity index (χ4v) is 1.58. The van der Waals surface area contributed by atoms with E-state index in [1.807, 2.05) is 12.1 Å². The van der Waals surface area contributed by atoms with E-state index in [1.165, 1.54) is 16.8 Å². The number of hydrogen-bond acceptors (Lipinski definition) is 3. The maximum Gasteiger partial charge on any atom is 0.328 e. The summed E-state index contributed by atoms with van der Waals surface area (Å²) >= 11 is 0. The molecule has 0 bridgehead atoms. The van der Waals surface area contributed by atoms with Gasteiger partial charge >= 0.3 is 5.97 Å². The van der Waals surface area contributed by atoms with Crippen molar-refractivity contribution in [3.63, 3.8) is 0 Å². The molecule has 5 heteroatoms. The summed E-state index contributed by atoms with van der Waals surface area (Å²) < 4.78 is 1.36. The Bertz CT molecular complexity index is 657. The Labute approximate surface area is 109 Å². The predicted octanol–water partition coefficient (Wildman–Crippen LogP) is 1.39. The standard InChI is InChI=1S/C14H12N2O3/c17-13-2-1-9-15-16(13)10-12-5-3-11(4-6-12)7-8-14(18)19/h1-9H,10H2,(H,18,19). The van der Waals surface area contributed by atoms with Gasteiger partial charge in [0, 0.05) is 18.3 Å². The van der Waals surface area contributed by atoms with E-state index < -0.39 is 5.97 Å². The smallest absolute Gasteiger partial charge is 0.328 e. The van der Waals surface area contributed by atoms with Crippen LogP contribution in [0.4, 0.5) is 0 Å². The monoisotopic (exact) mass is 256 g/mol. The van der Waals surface area contributed by atoms with E-state index in [1.54, 1.807) is 24.4 Å². The highest BCUT2D eigenvalue weighted by Crippen LogP contribution is 2.06. The van der Waals surface area contributed by atoms with Crippen molar-refractivity contribution in [1.82, 2.24) is 9.78 Å². The second-order valence-electron chi connectivity index (χ2n) is 3.93. The largest absolute Gasteiger partial charge is 0.478 e. The number of benzene rings is 1. The van der Waals surface area contributed by atoms with Crippen LogP contribution in [0.25, 0.3) is 6.08 Å². The fourth-order valence-electron chi connectivity index (χ4n) is 1.58. The van der Waals surface area contributed by atoms with Crippen LogP contribution in [-0.2, 0) is 11.3 Å². The van der Waals surface area contributed by atoms with Gasteiger partial charge in [0.15, 0.2) is 0 Å². The minimum Gasteiger partial charge on any atom is -0.478 e. The maximum absolute atomic E-state index is 11.5. The maximum atomic E-state index is 11.5. The summed E-state index contributed by atoms with van der Waals surface area (Å²) in [6.07, 6.45) is 4.16. The lowest BCUT2D eigenvalue weighted by Crippen LogP contribution is -2.21. The van der Waals surface area contributed by atoms with Crippen LogP contribution in [-0.4, -0.2) is 20.9 Å². The van der Waals surface area contributed by atoms with Gasteiger partial charge in [-0.25, -0.2) is 9.48 Å². The number of rotatable bonds is 4. The highest BCUT2D eigenvalue weighted by Gasteiger charge is 1.98. The summed E-state index contributed by atoms with van der Waals surface area (Å²) in [6.45, 7) is 0.391. The van der Waals surface area contributed by atoms with Gasteiger partial charge in [0.05, 0.1) is 6.54 Å². The Kier molecular flexibility index (Phi) is 3.87. The first-order valence-electron chi connectivity index (χ1n) is 5.67. The van der Waals surface area contributed by atoms with Crippen molar-refractivity contribution in [2.75, 3.05) is 0 Å². The number of carboxylic acids is 1. The molecule has 0 amide bonds. The van der Waals surface area contributed by atoms with Crippen molar-refractivity contribution in [2.45, 2.75) is 6.54 Å². The van der Waals surface area contributed by atoms with Crippen molar-refractivity contribution in [3.8, 4) is 0 Å². The zero-order valence-electron chi connectivity index (χ0n) is 10.1. The molecule has 1 aromatic carbocycles. The van der Waals surface area contributed by atoms with Crippen LogP contribution < -0.4 is 5.56 Å². The molecule has 0 spiro atoms. The minimum absolute atomic E-state index is 0.155. The number of carboxylic acid groups (broad SMARTS) is 1. The van der Waals surface area contributed by atoms with Crippen LogP contribution >= 0.6 is 0 Å². The van der Waals surface area contributed by atoms with Gasteiger partial charge in [-0.05, 0) is 23.3 Å². The van der Waals surface area contributed by atoms with Crippen LogP contribution in [0.3, 0.4) is 0 Å². The van der Waals surface area contributed by atoms with Crippen molar-refractivity contribution in [1.29, 1.82) is 0 Å². The fraction of sp³-hybridized carbons (Fsp3) is 0.0714. The zero-order valence-corrected chi connectivity index (χ0v) is 10.1. The Balaban J connectivity index is 2.13. The summed E-state index contributed by atoms with van der Waals surface area (Å²) in [5.74, 6) is -0.982. The molecular weight excluding hydrogens is 244 g/mol. The average molecular weight is 256 g/mol. The first-order valence-corrected chi connectivity index (χ1v) is 5.67. The third-order valence-electron chi connectivity index (χ3n) is 2.52. The number of carbonyl (C=O) groups is 1. The minimum atomic E-state index is -0.982. The van der Waals surface area contributed by atoms with Gasteiger partial charge in [0.2, 0.25) is 0 Å². The first-order chi connectivity index (χ1) is 9.15. The van der Waals surface area contributed by atoms with E-state index >= 15 is 0 Å². The SMILES string of the molecule is O=C(O)C=Cc1ccc(Cn2ncccc2=O)cc1. The second-order valence-corrected chi connectivity index (χ2v) is 3.93. The molecule has 0 radical (unpaired) electrons. The number of hydrogen-bond donors (Lipinski definition) is 1. The molecule has 0 unspecified atom stereocenters. The van der Waals surface area contributed by atoms with Crippen LogP contribution in [0.5, 0.6) is 0 Å². The van der Waals surface area contributed by atoms with E-state index in [0.29, 0.717) is 6.54 Å². The summed E-state index contributed by atoms with van der Waals surface area (Å²) in [5.41, 5.74) is 1.56. The predicted molar refractivity (Wildman–Crippen MR) is 70.7 cm³/mol. The Morgan fingerprint density at radius 3 is 2.63 bits per heavy atom. The molecule has 0 atom stereocenters. The molecule has 2 aromatic rings. The molecule has 0 saturated heterocycles. The average Bonchev–Trinajstić information content (AvgIpc) is 2.40. The lowest BCUT2D eigenvalue weighted by atomic mass is 10.1. The molecule has 0 fully saturated rings. The number of nitrogens with zero attached hydrogens (tertiary/aromatic N) is 2. The highest BCUT2D eigenvalue weighted by atomic mass is 16.4. The van der Waals surface area contributed by atoms with Gasteiger partial charge in [0.1, 0.15) is 0 Å². The summed E-state index contributed by atoms with van der Waals surface area (Å²) in [6, 6.07) is 10.3. The number of aromatic nitrogens is 2. The second kappa shape index (κ2) is 5.77. The van der Waals surface area contributed by atoms with E-state index in [0.717, 1.165) is 17.2 Å². The first kappa shape index (κ1) is 12.8. The molecule has 19 heavy (non-hydrogen) atoms. The number of aliphatic carboxylic acids is 1. The third kappa shape index (κ3) is 3.64. The topological polar surface area (TPSA) is 72.2 Å². The summed E-state index contributed by atoms with van der Waals surface area (Å²) in [7, 11) is 0. The molecular formula is C14H12N2O3. The van der Waals surface area contributed by atoms with Crippen molar-refractivity contribution in [3.05, 3.63) is 70.2 Å². The highest BCUT2D eigenvalue weighted by molar-refractivity contribution is 5.85. The molecule has 0 aliphatic rings. The molecule has 2 rings (SSSR count). The normalized spacial score (nSPS) is 10.7. The lowest BCUT2D eigenvalue weighted by molar-refractivity contribution is -0.131. The van der Waals surface area contributed by atoms with Gasteiger partial charge < -0.3 is 5.11 Å². The van der Waals surface area contributed by atoms with E-state index in [4.69, 9.17) is 5.11 Å². The van der Waals surface area contributed by atoms with Crippen LogP contribution in [0, 0.1) is 0 Å². The molecule has 1 N–H and O–H groups in total. The van der Waals surface area contributed by atoms with E-state index in [-0.39, 0.29) is 5.56 Å². The zero-order chi connectivity index (χ0) is 13.7. The van der Waals surface area contributed by atoms with Crippen molar-refractivity contribution >= 4 is 12.0 Å². The van der Waals surface area contributed by atoms with Gasteiger partial charge in [-0.1, -0.05) is 24.3 Å². The van der Waals surface area contributed by atoms with Gasteiger partial charge in [0.25, 0.3) is 5.56 Å². The summed E-state index contributed by atoms with van der Waals surface area (Å²) in [4.78, 5) is 21.9. The molecule has 5 nitrogen and oxygen atoms in total. The molecule has 0 saturated carbocycles. The lowest BCUT2D eigenvalue weighted by Gasteiger charge is -2.04. The Hall–Kier alpha value is -2.69. The Morgan fingerprint density at radius 1 is 1.26 bits per heavy atom.